The Balaban J connectivity index is 1.71. The van der Waals surface area contributed by atoms with E-state index in [-0.39, 0.29) is 5.91 Å². The van der Waals surface area contributed by atoms with Crippen LogP contribution in [0.15, 0.2) is 65.3 Å². The van der Waals surface area contributed by atoms with Crippen molar-refractivity contribution in [3.63, 3.8) is 0 Å². The minimum atomic E-state index is -0.138. The lowest BCUT2D eigenvalue weighted by atomic mass is 10.1. The van der Waals surface area contributed by atoms with Gasteiger partial charge in [0.05, 0.1) is 17.1 Å². The molecule has 0 saturated carbocycles. The average molecular weight is 421 g/mol. The predicted molar refractivity (Wildman–Crippen MR) is 116 cm³/mol. The third-order valence-corrected chi connectivity index (χ3v) is 5.18. The molecule has 0 saturated heterocycles. The maximum Gasteiger partial charge on any atom is 0.259 e. The molecule has 7 heteroatoms. The van der Waals surface area contributed by atoms with Gasteiger partial charge in [-0.1, -0.05) is 47.1 Å². The van der Waals surface area contributed by atoms with Crippen LogP contribution in [0.4, 0.5) is 0 Å². The Bertz CT molecular complexity index is 1160. The Labute approximate surface area is 179 Å². The molecular formula is C23H21ClN4O2. The molecule has 0 radical (unpaired) electrons. The monoisotopic (exact) mass is 420 g/mol. The second-order valence-electron chi connectivity index (χ2n) is 7.15. The van der Waals surface area contributed by atoms with Crippen LogP contribution in [0.3, 0.4) is 0 Å². The van der Waals surface area contributed by atoms with E-state index in [2.05, 4.69) is 5.16 Å². The van der Waals surface area contributed by atoms with Gasteiger partial charge in [0, 0.05) is 35.9 Å². The highest BCUT2D eigenvalue weighted by atomic mass is 35.5. The van der Waals surface area contributed by atoms with Crippen LogP contribution in [0.5, 0.6) is 0 Å². The fourth-order valence-corrected chi connectivity index (χ4v) is 3.52. The highest BCUT2D eigenvalue weighted by Crippen LogP contribution is 2.27. The molecule has 4 rings (SSSR count). The van der Waals surface area contributed by atoms with Crippen LogP contribution >= 0.6 is 11.6 Å². The quantitative estimate of drug-likeness (QED) is 0.452. The van der Waals surface area contributed by atoms with Crippen molar-refractivity contribution in [1.82, 2.24) is 19.8 Å². The van der Waals surface area contributed by atoms with Gasteiger partial charge in [0.2, 0.25) is 0 Å². The first-order chi connectivity index (χ1) is 14.4. The smallest absolute Gasteiger partial charge is 0.259 e. The van der Waals surface area contributed by atoms with Crippen LogP contribution in [0.2, 0.25) is 5.02 Å². The SMILES string of the molecule is Cc1noc(C)c1C(=O)N(C)Cc1cn(-c2ccccc2)nc1-c1ccc(Cl)cc1. The first-order valence-corrected chi connectivity index (χ1v) is 9.90. The van der Waals surface area contributed by atoms with E-state index in [0.717, 1.165) is 22.5 Å². The van der Waals surface area contributed by atoms with Crippen molar-refractivity contribution < 1.29 is 9.32 Å². The minimum absolute atomic E-state index is 0.138. The summed E-state index contributed by atoms with van der Waals surface area (Å²) < 4.78 is 6.98. The fourth-order valence-electron chi connectivity index (χ4n) is 3.40. The zero-order valence-electron chi connectivity index (χ0n) is 17.0. The standard InChI is InChI=1S/C23H21ClN4O2/c1-15-21(16(2)30-26-15)23(29)27(3)13-18-14-28(20-7-5-4-6-8-20)25-22(18)17-9-11-19(24)12-10-17/h4-12,14H,13H2,1-3H3. The van der Waals surface area contributed by atoms with Crippen molar-refractivity contribution in [2.75, 3.05) is 7.05 Å². The molecule has 0 spiro atoms. The normalized spacial score (nSPS) is 10.9. The molecule has 1 amide bonds. The molecule has 4 aromatic rings. The van der Waals surface area contributed by atoms with E-state index in [0.29, 0.717) is 28.6 Å². The fraction of sp³-hybridized carbons (Fsp3) is 0.174. The number of para-hydroxylation sites is 1. The van der Waals surface area contributed by atoms with E-state index in [9.17, 15) is 4.79 Å². The number of halogens is 1. The van der Waals surface area contributed by atoms with Gasteiger partial charge in [-0.25, -0.2) is 4.68 Å². The number of aryl methyl sites for hydroxylation is 2. The third kappa shape index (κ3) is 3.86. The van der Waals surface area contributed by atoms with Crippen LogP contribution in [0.25, 0.3) is 16.9 Å². The van der Waals surface area contributed by atoms with Crippen molar-refractivity contribution in [3.8, 4) is 16.9 Å². The molecule has 2 heterocycles. The molecule has 0 aliphatic carbocycles. The van der Waals surface area contributed by atoms with E-state index in [1.54, 1.807) is 25.8 Å². The molecule has 0 atom stereocenters. The van der Waals surface area contributed by atoms with E-state index < -0.39 is 0 Å². The van der Waals surface area contributed by atoms with Gasteiger partial charge in [0.1, 0.15) is 11.3 Å². The number of rotatable bonds is 5. The van der Waals surface area contributed by atoms with Gasteiger partial charge >= 0.3 is 0 Å². The molecule has 0 bridgehead atoms. The molecule has 0 fully saturated rings. The molecule has 6 nitrogen and oxygen atoms in total. The minimum Gasteiger partial charge on any atom is -0.361 e. The van der Waals surface area contributed by atoms with Crippen LogP contribution in [0.1, 0.15) is 27.4 Å². The predicted octanol–water partition coefficient (Wildman–Crippen LogP) is 5.07. The molecule has 0 aliphatic rings. The highest BCUT2D eigenvalue weighted by molar-refractivity contribution is 6.30. The Morgan fingerprint density at radius 3 is 2.43 bits per heavy atom. The summed E-state index contributed by atoms with van der Waals surface area (Å²) in [6.45, 7) is 3.89. The molecule has 0 N–H and O–H groups in total. The number of carbonyl (C=O) groups is 1. The zero-order valence-corrected chi connectivity index (χ0v) is 17.7. The number of carbonyl (C=O) groups excluding carboxylic acids is 1. The van der Waals surface area contributed by atoms with E-state index in [4.69, 9.17) is 21.2 Å². The second-order valence-corrected chi connectivity index (χ2v) is 7.59. The van der Waals surface area contributed by atoms with Crippen LogP contribution < -0.4 is 0 Å². The molecule has 152 valence electrons. The van der Waals surface area contributed by atoms with Gasteiger partial charge in [-0.3, -0.25) is 4.79 Å². The van der Waals surface area contributed by atoms with Crippen molar-refractivity contribution in [2.45, 2.75) is 20.4 Å². The van der Waals surface area contributed by atoms with Gasteiger partial charge in [0.25, 0.3) is 5.91 Å². The Hall–Kier alpha value is -3.38. The number of benzene rings is 2. The average Bonchev–Trinajstić information content (AvgIpc) is 3.32. The van der Waals surface area contributed by atoms with Gasteiger partial charge in [-0.2, -0.15) is 5.10 Å². The number of hydrogen-bond acceptors (Lipinski definition) is 4. The lowest BCUT2D eigenvalue weighted by Gasteiger charge is -2.17. The maximum atomic E-state index is 13.0. The first kappa shape index (κ1) is 19.9. The van der Waals surface area contributed by atoms with Crippen molar-refractivity contribution >= 4 is 17.5 Å². The van der Waals surface area contributed by atoms with E-state index in [1.807, 2.05) is 65.5 Å². The van der Waals surface area contributed by atoms with Gasteiger partial charge in [-0.15, -0.1) is 0 Å². The number of amides is 1. The second kappa shape index (κ2) is 8.16. The van der Waals surface area contributed by atoms with E-state index >= 15 is 0 Å². The molecule has 0 unspecified atom stereocenters. The summed E-state index contributed by atoms with van der Waals surface area (Å²) in [4.78, 5) is 14.7. The van der Waals surface area contributed by atoms with Crippen LogP contribution in [-0.4, -0.2) is 32.8 Å². The highest BCUT2D eigenvalue weighted by Gasteiger charge is 2.23. The summed E-state index contributed by atoms with van der Waals surface area (Å²) >= 11 is 6.06. The summed E-state index contributed by atoms with van der Waals surface area (Å²) in [5.74, 6) is 0.378. The largest absolute Gasteiger partial charge is 0.361 e. The number of aromatic nitrogens is 3. The Morgan fingerprint density at radius 2 is 1.80 bits per heavy atom. The Kier molecular flexibility index (Phi) is 5.42. The summed E-state index contributed by atoms with van der Waals surface area (Å²) in [6.07, 6.45) is 1.95. The topological polar surface area (TPSA) is 64.2 Å². The summed E-state index contributed by atoms with van der Waals surface area (Å²) in [5.41, 5.74) is 4.68. The molecule has 2 aromatic carbocycles. The van der Waals surface area contributed by atoms with Crippen molar-refractivity contribution in [1.29, 1.82) is 0 Å². The van der Waals surface area contributed by atoms with Crippen molar-refractivity contribution in [3.05, 3.63) is 88.4 Å². The lowest BCUT2D eigenvalue weighted by Crippen LogP contribution is -2.27. The van der Waals surface area contributed by atoms with Gasteiger partial charge in [-0.05, 0) is 38.1 Å². The lowest BCUT2D eigenvalue weighted by molar-refractivity contribution is 0.0783. The third-order valence-electron chi connectivity index (χ3n) is 4.93. The summed E-state index contributed by atoms with van der Waals surface area (Å²) in [7, 11) is 1.76. The molecule has 2 aromatic heterocycles. The first-order valence-electron chi connectivity index (χ1n) is 9.52. The Morgan fingerprint density at radius 1 is 1.10 bits per heavy atom. The number of hydrogen-bond donors (Lipinski definition) is 0. The van der Waals surface area contributed by atoms with Crippen molar-refractivity contribution in [2.24, 2.45) is 0 Å². The zero-order chi connectivity index (χ0) is 21.3. The van der Waals surface area contributed by atoms with E-state index in [1.165, 1.54) is 0 Å². The number of nitrogens with zero attached hydrogens (tertiary/aromatic N) is 4. The van der Waals surface area contributed by atoms with Gasteiger partial charge in [0.15, 0.2) is 0 Å². The maximum absolute atomic E-state index is 13.0. The van der Waals surface area contributed by atoms with Crippen LogP contribution in [-0.2, 0) is 6.54 Å². The molecule has 0 aliphatic heterocycles. The molecule has 30 heavy (non-hydrogen) atoms. The summed E-state index contributed by atoms with van der Waals surface area (Å²) in [5, 5.41) is 9.35. The molecular weight excluding hydrogens is 400 g/mol. The van der Waals surface area contributed by atoms with Crippen LogP contribution in [0, 0.1) is 13.8 Å². The summed E-state index contributed by atoms with van der Waals surface area (Å²) in [6, 6.07) is 17.4. The van der Waals surface area contributed by atoms with Gasteiger partial charge < -0.3 is 9.42 Å².